The van der Waals surface area contributed by atoms with Crippen LogP contribution >= 0.6 is 11.8 Å². The molecule has 0 unspecified atom stereocenters. The van der Waals surface area contributed by atoms with Gasteiger partial charge < -0.3 is 5.11 Å². The maximum atomic E-state index is 13.0. The van der Waals surface area contributed by atoms with Gasteiger partial charge in [-0.1, -0.05) is 16.4 Å². The molecule has 0 saturated carbocycles. The van der Waals surface area contributed by atoms with Crippen molar-refractivity contribution in [1.82, 2.24) is 10.3 Å². The third-order valence-electron chi connectivity index (χ3n) is 2.92. The maximum Gasteiger partial charge on any atom is 0.417 e. The second kappa shape index (κ2) is 7.52. The summed E-state index contributed by atoms with van der Waals surface area (Å²) in [5.41, 5.74) is -1.59. The molecule has 0 aromatic carbocycles. The van der Waals surface area contributed by atoms with Crippen molar-refractivity contribution in [2.75, 3.05) is 5.75 Å². The molecule has 2 heterocycles. The van der Waals surface area contributed by atoms with Crippen molar-refractivity contribution in [2.45, 2.75) is 31.6 Å². The molecule has 0 spiro atoms. The summed E-state index contributed by atoms with van der Waals surface area (Å²) in [7, 11) is 0. The number of nitriles is 1. The number of thioether (sulfide) groups is 1. The van der Waals surface area contributed by atoms with Gasteiger partial charge in [-0.05, 0) is 25.8 Å². The molecule has 0 amide bonds. The van der Waals surface area contributed by atoms with Gasteiger partial charge in [-0.3, -0.25) is 4.52 Å². The van der Waals surface area contributed by atoms with Gasteiger partial charge in [0.15, 0.2) is 6.54 Å². The number of nitrogens with zero attached hydrogens (tertiary/aromatic N) is 5. The number of pyridine rings is 1. The van der Waals surface area contributed by atoms with Crippen LogP contribution in [0.15, 0.2) is 26.8 Å². The van der Waals surface area contributed by atoms with E-state index in [1.807, 2.05) is 6.92 Å². The SMILES string of the molecule is CC[n+]1cc(/N=C(\[O-])CSc2nc(C)cc(C(F)(F)F)c2C#N)on1. The minimum atomic E-state index is -4.68. The highest BCUT2D eigenvalue weighted by Crippen LogP contribution is 2.35. The lowest BCUT2D eigenvalue weighted by Gasteiger charge is -2.14. The molecule has 0 radical (unpaired) electrons. The smallest absolute Gasteiger partial charge is 0.417 e. The average molecular weight is 371 g/mol. The van der Waals surface area contributed by atoms with Crippen LogP contribution in [-0.4, -0.2) is 21.9 Å². The molecule has 0 aliphatic heterocycles. The van der Waals surface area contributed by atoms with Gasteiger partial charge >= 0.3 is 12.1 Å². The summed E-state index contributed by atoms with van der Waals surface area (Å²) in [5.74, 6) is -0.957. The van der Waals surface area contributed by atoms with Crippen LogP contribution in [0, 0.1) is 18.3 Å². The van der Waals surface area contributed by atoms with Gasteiger partial charge in [0.05, 0.1) is 11.1 Å². The molecular weight excluding hydrogens is 359 g/mol. The second-order valence-electron chi connectivity index (χ2n) is 4.79. The molecule has 0 aliphatic rings. The summed E-state index contributed by atoms with van der Waals surface area (Å²) >= 11 is 0.710. The Labute approximate surface area is 144 Å². The van der Waals surface area contributed by atoms with Crippen LogP contribution in [0.3, 0.4) is 0 Å². The van der Waals surface area contributed by atoms with Crippen LogP contribution < -0.4 is 9.79 Å². The number of aryl methyl sites for hydroxylation is 2. The fourth-order valence-electron chi connectivity index (χ4n) is 1.83. The number of aliphatic imine (C=N–C) groups is 1. The lowest BCUT2D eigenvalue weighted by Crippen LogP contribution is -2.32. The Morgan fingerprint density at radius 1 is 1.52 bits per heavy atom. The van der Waals surface area contributed by atoms with Crippen molar-refractivity contribution in [3.63, 3.8) is 0 Å². The van der Waals surface area contributed by atoms with Gasteiger partial charge in [-0.25, -0.2) is 9.98 Å². The van der Waals surface area contributed by atoms with Gasteiger partial charge in [0.2, 0.25) is 5.27 Å². The van der Waals surface area contributed by atoms with Crippen LogP contribution in [0.2, 0.25) is 0 Å². The molecule has 0 aliphatic carbocycles. The van der Waals surface area contributed by atoms with E-state index in [2.05, 4.69) is 15.2 Å². The van der Waals surface area contributed by atoms with E-state index in [1.165, 1.54) is 23.9 Å². The average Bonchev–Trinajstić information content (AvgIpc) is 2.99. The zero-order chi connectivity index (χ0) is 18.6. The Bertz CT molecular complexity index is 842. The minimum absolute atomic E-state index is 0.0128. The van der Waals surface area contributed by atoms with E-state index in [0.29, 0.717) is 18.3 Å². The van der Waals surface area contributed by atoms with Gasteiger partial charge in [0.25, 0.3) is 6.20 Å². The molecular formula is C14H12F3N5O2S. The Balaban J connectivity index is 2.23. The van der Waals surface area contributed by atoms with Crippen molar-refractivity contribution in [2.24, 2.45) is 4.99 Å². The Morgan fingerprint density at radius 3 is 2.80 bits per heavy atom. The quantitative estimate of drug-likeness (QED) is 0.343. The van der Waals surface area contributed by atoms with Crippen molar-refractivity contribution in [1.29, 1.82) is 5.26 Å². The van der Waals surface area contributed by atoms with Gasteiger partial charge in [-0.15, -0.1) is 0 Å². The summed E-state index contributed by atoms with van der Waals surface area (Å²) in [6.07, 6.45) is -3.27. The normalized spacial score (nSPS) is 12.2. The first-order chi connectivity index (χ1) is 11.7. The summed E-state index contributed by atoms with van der Waals surface area (Å²) in [4.78, 5) is 7.57. The molecule has 0 saturated heterocycles. The van der Waals surface area contributed by atoms with Crippen LogP contribution in [0.4, 0.5) is 19.1 Å². The molecule has 0 bridgehead atoms. The predicted octanol–water partition coefficient (Wildman–Crippen LogP) is 1.76. The number of hydrogen-bond acceptors (Lipinski definition) is 7. The topological polar surface area (TPSA) is 102 Å². The van der Waals surface area contributed by atoms with Gasteiger partial charge in [0.1, 0.15) is 11.1 Å². The first-order valence-corrected chi connectivity index (χ1v) is 7.96. The molecule has 11 heteroatoms. The predicted molar refractivity (Wildman–Crippen MR) is 78.9 cm³/mol. The Hall–Kier alpha value is -2.61. The molecule has 0 N–H and O–H groups in total. The molecule has 7 nitrogen and oxygen atoms in total. The lowest BCUT2D eigenvalue weighted by molar-refractivity contribution is -0.759. The minimum Gasteiger partial charge on any atom is -0.861 e. The zero-order valence-corrected chi connectivity index (χ0v) is 14.0. The first-order valence-electron chi connectivity index (χ1n) is 6.97. The molecule has 25 heavy (non-hydrogen) atoms. The van der Waals surface area contributed by atoms with Crippen molar-refractivity contribution < 1.29 is 27.5 Å². The van der Waals surface area contributed by atoms with Crippen molar-refractivity contribution in [3.8, 4) is 6.07 Å². The van der Waals surface area contributed by atoms with Crippen LogP contribution in [0.1, 0.15) is 23.7 Å². The first kappa shape index (κ1) is 18.7. The highest BCUT2D eigenvalue weighted by atomic mass is 32.2. The van der Waals surface area contributed by atoms with Crippen molar-refractivity contribution >= 4 is 23.5 Å². The summed E-state index contributed by atoms with van der Waals surface area (Å²) in [6, 6.07) is 2.30. The number of halogens is 3. The van der Waals surface area contributed by atoms with E-state index < -0.39 is 23.2 Å². The Morgan fingerprint density at radius 2 is 2.24 bits per heavy atom. The zero-order valence-electron chi connectivity index (χ0n) is 13.2. The molecule has 0 fully saturated rings. The van der Waals surface area contributed by atoms with E-state index in [0.717, 1.165) is 6.07 Å². The highest BCUT2D eigenvalue weighted by Gasteiger charge is 2.35. The fourth-order valence-corrected chi connectivity index (χ4v) is 2.67. The molecule has 2 aromatic rings. The van der Waals surface area contributed by atoms with Gasteiger partial charge in [-0.2, -0.15) is 18.4 Å². The monoisotopic (exact) mass is 371 g/mol. The number of alkyl halides is 3. The van der Waals surface area contributed by atoms with E-state index in [9.17, 15) is 18.3 Å². The molecule has 2 rings (SSSR count). The Kier molecular flexibility index (Phi) is 5.63. The van der Waals surface area contributed by atoms with Gasteiger partial charge in [0, 0.05) is 11.4 Å². The summed E-state index contributed by atoms with van der Waals surface area (Å²) in [5, 5.41) is 24.3. The van der Waals surface area contributed by atoms with E-state index in [-0.39, 0.29) is 22.4 Å². The molecule has 0 atom stereocenters. The van der Waals surface area contributed by atoms with E-state index in [1.54, 1.807) is 0 Å². The van der Waals surface area contributed by atoms with E-state index >= 15 is 0 Å². The third kappa shape index (κ3) is 4.69. The third-order valence-corrected chi connectivity index (χ3v) is 3.88. The number of aromatic nitrogens is 3. The van der Waals surface area contributed by atoms with Crippen molar-refractivity contribution in [3.05, 3.63) is 29.1 Å². The molecule has 2 aromatic heterocycles. The summed E-state index contributed by atoms with van der Waals surface area (Å²) in [6.45, 7) is 3.72. The lowest BCUT2D eigenvalue weighted by atomic mass is 10.1. The number of hydrogen-bond donors (Lipinski definition) is 0. The summed E-state index contributed by atoms with van der Waals surface area (Å²) < 4.78 is 45.3. The fraction of sp³-hybridized carbons (Fsp3) is 0.357. The van der Waals surface area contributed by atoms with Crippen LogP contribution in [0.5, 0.6) is 0 Å². The molecule has 132 valence electrons. The largest absolute Gasteiger partial charge is 0.861 e. The number of rotatable bonds is 5. The van der Waals surface area contributed by atoms with Crippen LogP contribution in [0.25, 0.3) is 0 Å². The van der Waals surface area contributed by atoms with E-state index in [4.69, 9.17) is 9.78 Å². The highest BCUT2D eigenvalue weighted by molar-refractivity contribution is 7.99. The van der Waals surface area contributed by atoms with Crippen LogP contribution in [-0.2, 0) is 12.7 Å². The standard InChI is InChI=1S/C14H12F3N5O2S/c1-3-22-6-12(24-21-22)20-11(23)7-25-13-9(5-18)10(14(15,16)17)4-8(2)19-13/h4,6H,3,7H2,1-2H3. The maximum absolute atomic E-state index is 13.0. The second-order valence-corrected chi connectivity index (χ2v) is 5.76.